The highest BCUT2D eigenvalue weighted by Gasteiger charge is 2.05. The SMILES string of the molecule is COc1ccc(-c2cc(C#N)on2)cc1. The number of methoxy groups -OCH3 is 1. The van der Waals surface area contributed by atoms with Gasteiger partial charge in [0.15, 0.2) is 0 Å². The quantitative estimate of drug-likeness (QED) is 0.745. The number of ether oxygens (including phenoxy) is 1. The largest absolute Gasteiger partial charge is 0.497 e. The zero-order valence-electron chi connectivity index (χ0n) is 8.10. The zero-order valence-corrected chi connectivity index (χ0v) is 8.10. The molecule has 0 radical (unpaired) electrons. The van der Waals surface area contributed by atoms with Crippen LogP contribution in [0.3, 0.4) is 0 Å². The van der Waals surface area contributed by atoms with E-state index in [-0.39, 0.29) is 5.76 Å². The van der Waals surface area contributed by atoms with Gasteiger partial charge in [-0.05, 0) is 24.3 Å². The van der Waals surface area contributed by atoms with Crippen molar-refractivity contribution in [3.63, 3.8) is 0 Å². The predicted octanol–water partition coefficient (Wildman–Crippen LogP) is 2.22. The second-order valence-corrected chi connectivity index (χ2v) is 2.92. The molecule has 1 aromatic carbocycles. The van der Waals surface area contributed by atoms with Crippen molar-refractivity contribution in [1.82, 2.24) is 5.16 Å². The van der Waals surface area contributed by atoms with E-state index in [1.165, 1.54) is 0 Å². The third-order valence-electron chi connectivity index (χ3n) is 2.01. The average Bonchev–Trinajstić information content (AvgIpc) is 2.78. The summed E-state index contributed by atoms with van der Waals surface area (Å²) >= 11 is 0. The predicted molar refractivity (Wildman–Crippen MR) is 53.2 cm³/mol. The monoisotopic (exact) mass is 200 g/mol. The van der Waals surface area contributed by atoms with Crippen LogP contribution in [0.15, 0.2) is 34.9 Å². The Bertz CT molecular complexity index is 494. The number of rotatable bonds is 2. The second kappa shape index (κ2) is 3.84. The lowest BCUT2D eigenvalue weighted by molar-refractivity contribution is 0.412. The number of hydrogen-bond donors (Lipinski definition) is 0. The van der Waals surface area contributed by atoms with E-state index in [9.17, 15) is 0 Å². The minimum absolute atomic E-state index is 0.209. The van der Waals surface area contributed by atoms with E-state index in [1.807, 2.05) is 30.3 Å². The summed E-state index contributed by atoms with van der Waals surface area (Å²) < 4.78 is 9.82. The maximum atomic E-state index is 8.58. The molecule has 1 heterocycles. The number of aromatic nitrogens is 1. The third kappa shape index (κ3) is 1.81. The van der Waals surface area contributed by atoms with Crippen LogP contribution in [0.5, 0.6) is 5.75 Å². The third-order valence-corrected chi connectivity index (χ3v) is 2.01. The molecule has 0 spiro atoms. The van der Waals surface area contributed by atoms with Crippen LogP contribution < -0.4 is 4.74 Å². The topological polar surface area (TPSA) is 59.0 Å². The molecule has 0 aliphatic rings. The summed E-state index contributed by atoms with van der Waals surface area (Å²) in [5.74, 6) is 0.989. The minimum Gasteiger partial charge on any atom is -0.497 e. The molecule has 0 amide bonds. The first-order chi connectivity index (χ1) is 7.33. The van der Waals surface area contributed by atoms with Crippen molar-refractivity contribution < 1.29 is 9.26 Å². The fraction of sp³-hybridized carbons (Fsp3) is 0.0909. The summed E-state index contributed by atoms with van der Waals surface area (Å²) in [4.78, 5) is 0. The van der Waals surface area contributed by atoms with Crippen LogP contribution in [-0.2, 0) is 0 Å². The van der Waals surface area contributed by atoms with Crippen molar-refractivity contribution in [2.75, 3.05) is 7.11 Å². The molecule has 2 aromatic rings. The molecule has 0 aliphatic heterocycles. The summed E-state index contributed by atoms with van der Waals surface area (Å²) in [6.45, 7) is 0. The molecule has 74 valence electrons. The molecule has 4 heteroatoms. The molecule has 15 heavy (non-hydrogen) atoms. The molecule has 0 aliphatic carbocycles. The fourth-order valence-electron chi connectivity index (χ4n) is 1.23. The average molecular weight is 200 g/mol. The highest BCUT2D eigenvalue weighted by molar-refractivity contribution is 5.60. The van der Waals surface area contributed by atoms with E-state index >= 15 is 0 Å². The Balaban J connectivity index is 2.33. The second-order valence-electron chi connectivity index (χ2n) is 2.92. The number of nitrogens with zero attached hydrogens (tertiary/aromatic N) is 2. The maximum absolute atomic E-state index is 8.58. The smallest absolute Gasteiger partial charge is 0.236 e. The van der Waals surface area contributed by atoms with Gasteiger partial charge in [-0.3, -0.25) is 0 Å². The van der Waals surface area contributed by atoms with Gasteiger partial charge in [-0.25, -0.2) is 0 Å². The van der Waals surface area contributed by atoms with E-state index in [4.69, 9.17) is 14.5 Å². The van der Waals surface area contributed by atoms with Crippen LogP contribution in [0.1, 0.15) is 5.76 Å². The summed E-state index contributed by atoms with van der Waals surface area (Å²) in [5, 5.41) is 12.4. The molecule has 0 saturated carbocycles. The van der Waals surface area contributed by atoms with Gasteiger partial charge in [-0.1, -0.05) is 5.16 Å². The van der Waals surface area contributed by atoms with Crippen molar-refractivity contribution in [3.8, 4) is 23.1 Å². The van der Waals surface area contributed by atoms with Gasteiger partial charge >= 0.3 is 0 Å². The van der Waals surface area contributed by atoms with Crippen molar-refractivity contribution in [2.24, 2.45) is 0 Å². The maximum Gasteiger partial charge on any atom is 0.236 e. The molecule has 0 unspecified atom stereocenters. The van der Waals surface area contributed by atoms with Gasteiger partial charge in [0.05, 0.1) is 7.11 Å². The molecule has 0 fully saturated rings. The molecule has 0 bridgehead atoms. The summed E-state index contributed by atoms with van der Waals surface area (Å²) in [6.07, 6.45) is 0. The van der Waals surface area contributed by atoms with E-state index in [2.05, 4.69) is 5.16 Å². The molecular formula is C11H8N2O2. The van der Waals surface area contributed by atoms with Crippen molar-refractivity contribution in [3.05, 3.63) is 36.1 Å². The van der Waals surface area contributed by atoms with Crippen molar-refractivity contribution >= 4 is 0 Å². The number of hydrogen-bond acceptors (Lipinski definition) is 4. The van der Waals surface area contributed by atoms with E-state index in [1.54, 1.807) is 13.2 Å². The highest BCUT2D eigenvalue weighted by Crippen LogP contribution is 2.21. The zero-order chi connectivity index (χ0) is 10.7. The Morgan fingerprint density at radius 3 is 2.60 bits per heavy atom. The molecule has 0 saturated heterocycles. The van der Waals surface area contributed by atoms with Gasteiger partial charge in [-0.2, -0.15) is 5.26 Å². The molecular weight excluding hydrogens is 192 g/mol. The lowest BCUT2D eigenvalue weighted by Gasteiger charge is -1.99. The normalized spacial score (nSPS) is 9.60. The van der Waals surface area contributed by atoms with E-state index in [0.29, 0.717) is 5.69 Å². The minimum atomic E-state index is 0.209. The molecule has 0 atom stereocenters. The van der Waals surface area contributed by atoms with Crippen LogP contribution in [0.4, 0.5) is 0 Å². The first kappa shape index (κ1) is 9.28. The lowest BCUT2D eigenvalue weighted by Crippen LogP contribution is -1.82. The Morgan fingerprint density at radius 1 is 1.33 bits per heavy atom. The Hall–Kier alpha value is -2.28. The van der Waals surface area contributed by atoms with Gasteiger partial charge in [0.2, 0.25) is 5.76 Å². The standard InChI is InChI=1S/C11H8N2O2/c1-14-9-4-2-8(3-5-9)11-6-10(7-12)15-13-11/h2-6H,1H3. The molecule has 1 aromatic heterocycles. The Morgan fingerprint density at radius 2 is 2.07 bits per heavy atom. The number of benzene rings is 1. The fourth-order valence-corrected chi connectivity index (χ4v) is 1.23. The van der Waals surface area contributed by atoms with Crippen LogP contribution in [0.25, 0.3) is 11.3 Å². The first-order valence-electron chi connectivity index (χ1n) is 4.35. The van der Waals surface area contributed by atoms with Crippen LogP contribution in [0.2, 0.25) is 0 Å². The van der Waals surface area contributed by atoms with Gasteiger partial charge in [-0.15, -0.1) is 0 Å². The lowest BCUT2D eigenvalue weighted by atomic mass is 10.1. The highest BCUT2D eigenvalue weighted by atomic mass is 16.5. The first-order valence-corrected chi connectivity index (χ1v) is 4.35. The van der Waals surface area contributed by atoms with Crippen molar-refractivity contribution in [1.29, 1.82) is 5.26 Å². The molecule has 2 rings (SSSR count). The molecule has 0 N–H and O–H groups in total. The van der Waals surface area contributed by atoms with Crippen LogP contribution >= 0.6 is 0 Å². The summed E-state index contributed by atoms with van der Waals surface area (Å²) in [6, 6.07) is 10.9. The van der Waals surface area contributed by atoms with Crippen LogP contribution in [0, 0.1) is 11.3 Å². The van der Waals surface area contributed by atoms with E-state index in [0.717, 1.165) is 11.3 Å². The summed E-state index contributed by atoms with van der Waals surface area (Å²) in [7, 11) is 1.61. The number of nitriles is 1. The van der Waals surface area contributed by atoms with Gasteiger partial charge in [0.25, 0.3) is 0 Å². The van der Waals surface area contributed by atoms with Gasteiger partial charge in [0, 0.05) is 11.6 Å². The van der Waals surface area contributed by atoms with Crippen LogP contribution in [-0.4, -0.2) is 12.3 Å². The molecule has 4 nitrogen and oxygen atoms in total. The van der Waals surface area contributed by atoms with Gasteiger partial charge in [0.1, 0.15) is 17.5 Å². The van der Waals surface area contributed by atoms with Crippen molar-refractivity contribution in [2.45, 2.75) is 0 Å². The Kier molecular flexibility index (Phi) is 2.38. The van der Waals surface area contributed by atoms with E-state index < -0.39 is 0 Å². The van der Waals surface area contributed by atoms with Gasteiger partial charge < -0.3 is 9.26 Å². The summed E-state index contributed by atoms with van der Waals surface area (Å²) in [5.41, 5.74) is 1.54. The Labute approximate surface area is 86.7 Å².